The van der Waals surface area contributed by atoms with Gasteiger partial charge in [-0.3, -0.25) is 9.59 Å². The van der Waals surface area contributed by atoms with Crippen molar-refractivity contribution in [1.29, 1.82) is 0 Å². The highest BCUT2D eigenvalue weighted by Gasteiger charge is 2.31. The second-order valence-electron chi connectivity index (χ2n) is 6.74. The van der Waals surface area contributed by atoms with Crippen molar-refractivity contribution in [2.24, 2.45) is 0 Å². The number of hydrogen-bond acceptors (Lipinski definition) is 2. The maximum atomic E-state index is 13.2. The van der Waals surface area contributed by atoms with E-state index in [1.807, 2.05) is 0 Å². The van der Waals surface area contributed by atoms with Gasteiger partial charge in [-0.2, -0.15) is 13.2 Å². The van der Waals surface area contributed by atoms with Gasteiger partial charge in [-0.1, -0.05) is 23.7 Å². The smallest absolute Gasteiger partial charge is 0.416 e. The second-order valence-corrected chi connectivity index (χ2v) is 7.17. The van der Waals surface area contributed by atoms with Crippen LogP contribution in [0.25, 0.3) is 11.1 Å². The van der Waals surface area contributed by atoms with E-state index < -0.39 is 23.6 Å². The third-order valence-electron chi connectivity index (χ3n) is 4.72. The summed E-state index contributed by atoms with van der Waals surface area (Å²) in [6.07, 6.45) is -4.53. The second kappa shape index (κ2) is 8.86. The van der Waals surface area contributed by atoms with Crippen LogP contribution in [0.1, 0.15) is 43.4 Å². The molecule has 8 heteroatoms. The number of nitrogens with zero attached hydrogens (tertiary/aromatic N) is 1. The molecule has 0 radical (unpaired) electrons. The van der Waals surface area contributed by atoms with E-state index in [4.69, 9.17) is 11.6 Å². The molecule has 4 nitrogen and oxygen atoms in total. The lowest BCUT2D eigenvalue weighted by Gasteiger charge is -2.22. The molecule has 0 aliphatic rings. The zero-order valence-corrected chi connectivity index (χ0v) is 16.9. The molecule has 0 saturated heterocycles. The van der Waals surface area contributed by atoms with E-state index in [9.17, 15) is 27.9 Å². The summed E-state index contributed by atoms with van der Waals surface area (Å²) in [4.78, 5) is 24.5. The zero-order valence-electron chi connectivity index (χ0n) is 16.2. The molecule has 2 aromatic rings. The van der Waals surface area contributed by atoms with Crippen molar-refractivity contribution < 1.29 is 27.9 Å². The minimum Gasteiger partial charge on any atom is -0.481 e. The van der Waals surface area contributed by atoms with Gasteiger partial charge in [0.25, 0.3) is 0 Å². The summed E-state index contributed by atoms with van der Waals surface area (Å²) in [5, 5.41) is 9.54. The Morgan fingerprint density at radius 2 is 1.83 bits per heavy atom. The van der Waals surface area contributed by atoms with Gasteiger partial charge in [-0.25, -0.2) is 0 Å². The average Bonchev–Trinajstić information content (AvgIpc) is 2.63. The van der Waals surface area contributed by atoms with Crippen LogP contribution in [0.4, 0.5) is 13.2 Å². The van der Waals surface area contributed by atoms with Gasteiger partial charge in [0.15, 0.2) is 0 Å². The fourth-order valence-electron chi connectivity index (χ4n) is 2.99. The molecule has 0 bridgehead atoms. The van der Waals surface area contributed by atoms with Gasteiger partial charge in [-0.05, 0) is 60.4 Å². The number of amides is 1. The zero-order chi connectivity index (χ0) is 21.9. The molecule has 1 atom stereocenters. The number of carbonyl (C=O) groups is 2. The molecule has 0 saturated carbocycles. The molecule has 0 aliphatic heterocycles. The third kappa shape index (κ3) is 5.50. The molecule has 1 N–H and O–H groups in total. The number of benzene rings is 2. The van der Waals surface area contributed by atoms with E-state index >= 15 is 0 Å². The standard InChI is InChI=1S/C21H21ClF3NO3/c1-4-26(13(3)27)11-16-8-17(21(23,24)25)5-6-19(16)15-7-14(9-18(22)10-15)12(2)20(28)29/h5-10,12H,4,11H2,1-3H3,(H,28,29). The molecule has 1 amide bonds. The van der Waals surface area contributed by atoms with E-state index in [1.165, 1.54) is 30.9 Å². The van der Waals surface area contributed by atoms with Crippen LogP contribution >= 0.6 is 11.6 Å². The van der Waals surface area contributed by atoms with Crippen LogP contribution in [0.2, 0.25) is 5.02 Å². The number of alkyl halides is 3. The lowest BCUT2D eigenvalue weighted by Crippen LogP contribution is -2.28. The largest absolute Gasteiger partial charge is 0.481 e. The van der Waals surface area contributed by atoms with E-state index in [0.29, 0.717) is 28.8 Å². The highest BCUT2D eigenvalue weighted by Crippen LogP contribution is 2.36. The Labute approximate surface area is 171 Å². The van der Waals surface area contributed by atoms with Crippen molar-refractivity contribution in [2.75, 3.05) is 6.54 Å². The van der Waals surface area contributed by atoms with Crippen molar-refractivity contribution in [3.63, 3.8) is 0 Å². The molecular weight excluding hydrogens is 407 g/mol. The quantitative estimate of drug-likeness (QED) is 0.654. The summed E-state index contributed by atoms with van der Waals surface area (Å²) < 4.78 is 39.7. The lowest BCUT2D eigenvalue weighted by molar-refractivity contribution is -0.139. The summed E-state index contributed by atoms with van der Waals surface area (Å²) in [5.41, 5.74) is 0.859. The van der Waals surface area contributed by atoms with Gasteiger partial charge in [0.1, 0.15) is 0 Å². The van der Waals surface area contributed by atoms with E-state index in [-0.39, 0.29) is 17.5 Å². The highest BCUT2D eigenvalue weighted by atomic mass is 35.5. The monoisotopic (exact) mass is 427 g/mol. The fourth-order valence-corrected chi connectivity index (χ4v) is 3.24. The lowest BCUT2D eigenvalue weighted by atomic mass is 9.92. The first-order valence-corrected chi connectivity index (χ1v) is 9.31. The molecule has 0 fully saturated rings. The van der Waals surface area contributed by atoms with E-state index in [0.717, 1.165) is 12.1 Å². The van der Waals surface area contributed by atoms with Gasteiger partial charge >= 0.3 is 12.1 Å². The predicted molar refractivity (Wildman–Crippen MR) is 105 cm³/mol. The number of carbonyl (C=O) groups excluding carboxylic acids is 1. The summed E-state index contributed by atoms with van der Waals surface area (Å²) >= 11 is 6.15. The van der Waals surface area contributed by atoms with Crippen LogP contribution in [0.15, 0.2) is 36.4 Å². The van der Waals surface area contributed by atoms with Crippen molar-refractivity contribution in [2.45, 2.75) is 39.4 Å². The van der Waals surface area contributed by atoms with Crippen LogP contribution in [-0.2, 0) is 22.3 Å². The molecular formula is C21H21ClF3NO3. The Hall–Kier alpha value is -2.54. The highest BCUT2D eigenvalue weighted by molar-refractivity contribution is 6.31. The number of halogens is 4. The van der Waals surface area contributed by atoms with Crippen LogP contribution in [0.3, 0.4) is 0 Å². The molecule has 0 spiro atoms. The normalized spacial score (nSPS) is 12.5. The average molecular weight is 428 g/mol. The summed E-state index contributed by atoms with van der Waals surface area (Å²) in [5.74, 6) is -2.14. The number of hydrogen-bond donors (Lipinski definition) is 1. The summed E-state index contributed by atoms with van der Waals surface area (Å²) in [7, 11) is 0. The maximum Gasteiger partial charge on any atom is 0.416 e. The molecule has 1 unspecified atom stereocenters. The van der Waals surface area contributed by atoms with Gasteiger partial charge in [0.05, 0.1) is 11.5 Å². The van der Waals surface area contributed by atoms with Crippen molar-refractivity contribution in [3.05, 3.63) is 58.1 Å². The third-order valence-corrected chi connectivity index (χ3v) is 4.94. The first kappa shape index (κ1) is 22.7. The Balaban J connectivity index is 2.65. The Bertz CT molecular complexity index is 928. The maximum absolute atomic E-state index is 13.2. The summed E-state index contributed by atoms with van der Waals surface area (Å²) in [6, 6.07) is 7.98. The van der Waals surface area contributed by atoms with Crippen molar-refractivity contribution >= 4 is 23.5 Å². The van der Waals surface area contributed by atoms with Gasteiger partial charge in [0.2, 0.25) is 5.91 Å². The van der Waals surface area contributed by atoms with Crippen LogP contribution in [-0.4, -0.2) is 28.4 Å². The Kier molecular flexibility index (Phi) is 6.95. The van der Waals surface area contributed by atoms with Crippen molar-refractivity contribution in [1.82, 2.24) is 4.90 Å². The fraction of sp³-hybridized carbons (Fsp3) is 0.333. The predicted octanol–water partition coefficient (Wildman–Crippen LogP) is 5.58. The van der Waals surface area contributed by atoms with Crippen LogP contribution in [0.5, 0.6) is 0 Å². The molecule has 0 heterocycles. The Morgan fingerprint density at radius 1 is 1.17 bits per heavy atom. The summed E-state index contributed by atoms with van der Waals surface area (Å²) in [6.45, 7) is 4.91. The van der Waals surface area contributed by atoms with Crippen LogP contribution < -0.4 is 0 Å². The number of carboxylic acids is 1. The molecule has 156 valence electrons. The van der Waals surface area contributed by atoms with Gasteiger partial charge in [0, 0.05) is 25.0 Å². The van der Waals surface area contributed by atoms with Crippen LogP contribution in [0, 0.1) is 0 Å². The van der Waals surface area contributed by atoms with Gasteiger partial charge < -0.3 is 10.0 Å². The number of aliphatic carboxylic acids is 1. The van der Waals surface area contributed by atoms with E-state index in [2.05, 4.69) is 0 Å². The topological polar surface area (TPSA) is 57.6 Å². The SMILES string of the molecule is CCN(Cc1cc(C(F)(F)F)ccc1-c1cc(Cl)cc(C(C)C(=O)O)c1)C(C)=O. The molecule has 0 aromatic heterocycles. The Morgan fingerprint density at radius 3 is 2.34 bits per heavy atom. The molecule has 29 heavy (non-hydrogen) atoms. The minimum atomic E-state index is -4.53. The minimum absolute atomic E-state index is 0.0125. The van der Waals surface area contributed by atoms with Gasteiger partial charge in [-0.15, -0.1) is 0 Å². The molecule has 2 rings (SSSR count). The first-order chi connectivity index (χ1) is 13.4. The number of carboxylic acid groups (broad SMARTS) is 1. The molecule has 2 aromatic carbocycles. The first-order valence-electron chi connectivity index (χ1n) is 8.93. The molecule has 0 aliphatic carbocycles. The van der Waals surface area contributed by atoms with Crippen molar-refractivity contribution in [3.8, 4) is 11.1 Å². The van der Waals surface area contributed by atoms with E-state index in [1.54, 1.807) is 19.1 Å². The number of rotatable bonds is 6.